The van der Waals surface area contributed by atoms with Gasteiger partial charge in [-0.2, -0.15) is 0 Å². The second-order valence-electron chi connectivity index (χ2n) is 11.3. The lowest BCUT2D eigenvalue weighted by molar-refractivity contribution is -0.138. The molecule has 0 bridgehead atoms. The molecule has 0 spiro atoms. The third-order valence-electron chi connectivity index (χ3n) is 8.33. The van der Waals surface area contributed by atoms with E-state index in [1.165, 1.54) is 11.3 Å². The second-order valence-corrected chi connectivity index (χ2v) is 12.7. The number of thiazole rings is 1. The molecule has 7 rings (SSSR count). The molecule has 7 nitrogen and oxygen atoms in total. The molecule has 1 aliphatic rings. The highest BCUT2D eigenvalue weighted by atomic mass is 35.5. The first kappa shape index (κ1) is 32.1. The van der Waals surface area contributed by atoms with E-state index in [2.05, 4.69) is 18.2 Å². The number of fused-ring (bicyclic) bond motifs is 2. The number of ether oxygens (including phenoxy) is 3. The Morgan fingerprint density at radius 1 is 0.918 bits per heavy atom. The van der Waals surface area contributed by atoms with Crippen LogP contribution in [-0.2, 0) is 16.1 Å². The van der Waals surface area contributed by atoms with Crippen LogP contribution in [0.2, 0.25) is 5.02 Å². The van der Waals surface area contributed by atoms with Crippen LogP contribution in [-0.4, -0.2) is 24.3 Å². The maximum atomic E-state index is 14.4. The van der Waals surface area contributed by atoms with E-state index >= 15 is 0 Å². The van der Waals surface area contributed by atoms with Gasteiger partial charge in [0.05, 0.1) is 35.6 Å². The van der Waals surface area contributed by atoms with Crippen LogP contribution in [0, 0.1) is 0 Å². The van der Waals surface area contributed by atoms with Crippen molar-refractivity contribution in [3.8, 4) is 11.5 Å². The van der Waals surface area contributed by atoms with Gasteiger partial charge in [-0.3, -0.25) is 9.36 Å². The second kappa shape index (κ2) is 14.0. The molecule has 0 amide bonds. The fraction of sp³-hybridized carbons (Fsp3) is 0.125. The molecule has 9 heteroatoms. The molecule has 6 aromatic rings. The quantitative estimate of drug-likeness (QED) is 0.149. The van der Waals surface area contributed by atoms with Crippen molar-refractivity contribution in [2.24, 2.45) is 4.99 Å². The van der Waals surface area contributed by atoms with Gasteiger partial charge in [0.15, 0.2) is 16.3 Å². The Balaban J connectivity index is 1.39. The first-order valence-electron chi connectivity index (χ1n) is 15.8. The van der Waals surface area contributed by atoms with E-state index in [1.807, 2.05) is 84.9 Å². The number of nitrogens with zero attached hydrogens (tertiary/aromatic N) is 2. The number of methoxy groups -OCH3 is 1. The Morgan fingerprint density at radius 3 is 2.43 bits per heavy atom. The molecule has 1 atom stereocenters. The predicted octanol–water partition coefficient (Wildman–Crippen LogP) is 7.33. The van der Waals surface area contributed by atoms with Crippen molar-refractivity contribution in [3.05, 3.63) is 168 Å². The maximum absolute atomic E-state index is 14.4. The van der Waals surface area contributed by atoms with Crippen LogP contribution in [0.25, 0.3) is 22.5 Å². The van der Waals surface area contributed by atoms with E-state index in [1.54, 1.807) is 36.8 Å². The monoisotopic (exact) mass is 686 g/mol. The molecule has 49 heavy (non-hydrogen) atoms. The molecule has 0 radical (unpaired) electrons. The van der Waals surface area contributed by atoms with Crippen molar-refractivity contribution >= 4 is 51.5 Å². The van der Waals surface area contributed by atoms with E-state index < -0.39 is 12.0 Å². The number of carbonyl (C=O) groups is 1. The lowest BCUT2D eigenvalue weighted by atomic mass is 9.93. The minimum Gasteiger partial charge on any atom is -0.493 e. The zero-order valence-electron chi connectivity index (χ0n) is 26.8. The van der Waals surface area contributed by atoms with Gasteiger partial charge in [0.1, 0.15) is 6.61 Å². The molecule has 0 aliphatic carbocycles. The fourth-order valence-electron chi connectivity index (χ4n) is 6.07. The molecule has 0 saturated heterocycles. The van der Waals surface area contributed by atoms with Gasteiger partial charge in [-0.25, -0.2) is 9.79 Å². The first-order chi connectivity index (χ1) is 24.0. The van der Waals surface area contributed by atoms with E-state index in [-0.39, 0.29) is 17.7 Å². The minimum absolute atomic E-state index is 0.166. The molecule has 0 saturated carbocycles. The number of carbonyl (C=O) groups excluding carboxylic acids is 1. The van der Waals surface area contributed by atoms with E-state index in [0.29, 0.717) is 49.3 Å². The SMILES string of the molecule is CCOC(=O)C1=C(c2ccccc2)N=c2s/c(=C\c3cccc(OC)c3OCc3cccc4ccccc34)c(=O)n2[C@@H]1c1ccc(Cl)cc1. The number of halogens is 1. The van der Waals surface area contributed by atoms with Gasteiger partial charge in [-0.15, -0.1) is 0 Å². The summed E-state index contributed by atoms with van der Waals surface area (Å²) in [4.78, 5) is 33.5. The molecule has 1 aliphatic heterocycles. The summed E-state index contributed by atoms with van der Waals surface area (Å²) < 4.78 is 19.7. The molecular formula is C40H31ClN2O5S. The van der Waals surface area contributed by atoms with Gasteiger partial charge < -0.3 is 14.2 Å². The van der Waals surface area contributed by atoms with Gasteiger partial charge in [-0.1, -0.05) is 120 Å². The summed E-state index contributed by atoms with van der Waals surface area (Å²) in [7, 11) is 1.59. The van der Waals surface area contributed by atoms with Crippen LogP contribution < -0.4 is 24.4 Å². The predicted molar refractivity (Wildman–Crippen MR) is 194 cm³/mol. The lowest BCUT2D eigenvalue weighted by Gasteiger charge is -2.26. The zero-order chi connectivity index (χ0) is 33.9. The number of esters is 1. The normalized spacial score (nSPS) is 14.3. The van der Waals surface area contributed by atoms with Crippen LogP contribution >= 0.6 is 22.9 Å². The number of aromatic nitrogens is 1. The number of para-hydroxylation sites is 1. The Hall–Kier alpha value is -5.44. The maximum Gasteiger partial charge on any atom is 0.338 e. The van der Waals surface area contributed by atoms with E-state index in [0.717, 1.165) is 21.9 Å². The zero-order valence-corrected chi connectivity index (χ0v) is 28.3. The fourth-order valence-corrected chi connectivity index (χ4v) is 7.19. The molecule has 1 aromatic heterocycles. The summed E-state index contributed by atoms with van der Waals surface area (Å²) in [6.07, 6.45) is 1.79. The Kier molecular flexibility index (Phi) is 9.15. The van der Waals surface area contributed by atoms with Crippen LogP contribution in [0.4, 0.5) is 0 Å². The van der Waals surface area contributed by atoms with Crippen molar-refractivity contribution in [1.82, 2.24) is 4.57 Å². The Morgan fingerprint density at radius 2 is 1.65 bits per heavy atom. The van der Waals surface area contributed by atoms with Gasteiger partial charge >= 0.3 is 5.97 Å². The van der Waals surface area contributed by atoms with Crippen molar-refractivity contribution < 1.29 is 19.0 Å². The molecule has 0 fully saturated rings. The highest BCUT2D eigenvalue weighted by molar-refractivity contribution is 7.07. The van der Waals surface area contributed by atoms with Crippen molar-refractivity contribution in [1.29, 1.82) is 0 Å². The average molecular weight is 687 g/mol. The van der Waals surface area contributed by atoms with Crippen LogP contribution in [0.1, 0.15) is 35.2 Å². The van der Waals surface area contributed by atoms with E-state index in [4.69, 9.17) is 30.8 Å². The van der Waals surface area contributed by atoms with Gasteiger partial charge in [0.2, 0.25) is 0 Å². The highest BCUT2D eigenvalue weighted by Gasteiger charge is 2.35. The van der Waals surface area contributed by atoms with Crippen molar-refractivity contribution in [2.45, 2.75) is 19.6 Å². The summed E-state index contributed by atoms with van der Waals surface area (Å²) in [5.41, 5.74) is 3.54. The third-order valence-corrected chi connectivity index (χ3v) is 9.56. The van der Waals surface area contributed by atoms with Crippen LogP contribution in [0.3, 0.4) is 0 Å². The number of hydrogen-bond acceptors (Lipinski definition) is 7. The first-order valence-corrected chi connectivity index (χ1v) is 17.0. The van der Waals surface area contributed by atoms with Crippen LogP contribution in [0.5, 0.6) is 11.5 Å². The number of benzene rings is 5. The average Bonchev–Trinajstić information content (AvgIpc) is 3.44. The topological polar surface area (TPSA) is 79.1 Å². The third kappa shape index (κ3) is 6.28. The standard InChI is InChI=1S/C40H31ClN2O5S/c1-3-47-39(45)34-35(26-12-5-4-6-13-26)42-40-43(36(34)27-19-21-30(41)22-20-27)38(44)33(49-40)23-28-15-10-18-32(46-2)37(28)48-24-29-16-9-14-25-11-7-8-17-31(25)29/h4-23,36H,3,24H2,1-2H3/b33-23-/t36-/m1/s1. The largest absolute Gasteiger partial charge is 0.493 e. The summed E-state index contributed by atoms with van der Waals surface area (Å²) in [5, 5.41) is 2.76. The molecular weight excluding hydrogens is 656 g/mol. The summed E-state index contributed by atoms with van der Waals surface area (Å²) in [6.45, 7) is 2.21. The molecule has 244 valence electrons. The Bertz CT molecular complexity index is 2390. The highest BCUT2D eigenvalue weighted by Crippen LogP contribution is 2.36. The van der Waals surface area contributed by atoms with Gasteiger partial charge in [-0.05, 0) is 53.1 Å². The van der Waals surface area contributed by atoms with Crippen molar-refractivity contribution in [2.75, 3.05) is 13.7 Å². The summed E-state index contributed by atoms with van der Waals surface area (Å²) in [6, 6.07) is 35.6. The molecule has 0 N–H and O–H groups in total. The molecule has 5 aromatic carbocycles. The number of hydrogen-bond donors (Lipinski definition) is 0. The van der Waals surface area contributed by atoms with E-state index in [9.17, 15) is 9.59 Å². The smallest absolute Gasteiger partial charge is 0.338 e. The number of rotatable bonds is 9. The van der Waals surface area contributed by atoms with Gasteiger partial charge in [0, 0.05) is 16.1 Å². The minimum atomic E-state index is -0.808. The van der Waals surface area contributed by atoms with Gasteiger partial charge in [0.25, 0.3) is 5.56 Å². The summed E-state index contributed by atoms with van der Waals surface area (Å²) >= 11 is 7.51. The lowest BCUT2D eigenvalue weighted by Crippen LogP contribution is -2.40. The summed E-state index contributed by atoms with van der Waals surface area (Å²) in [5.74, 6) is 0.503. The Labute approximate surface area is 291 Å². The molecule has 2 heterocycles. The van der Waals surface area contributed by atoms with Crippen molar-refractivity contribution in [3.63, 3.8) is 0 Å². The van der Waals surface area contributed by atoms with Crippen LogP contribution in [0.15, 0.2) is 131 Å². The molecule has 0 unspecified atom stereocenters.